The number of carbonyl (C=O) groups excluding carboxylic acids is 2. The molecule has 4 N–H and O–H groups in total. The van der Waals surface area contributed by atoms with Gasteiger partial charge in [-0.25, -0.2) is 19.0 Å². The molecule has 2 unspecified atom stereocenters. The molecule has 4 rings (SSSR count). The number of hydrogen-bond donors (Lipinski definition) is 4. The zero-order valence-electron chi connectivity index (χ0n) is 27.0. The molecule has 1 heterocycles. The summed E-state index contributed by atoms with van der Waals surface area (Å²) < 4.78 is 30.1. The minimum absolute atomic E-state index is 0.00640. The number of hydrogen-bond acceptors (Lipinski definition) is 9. The van der Waals surface area contributed by atoms with Gasteiger partial charge in [0.2, 0.25) is 0 Å². The van der Waals surface area contributed by atoms with Crippen molar-refractivity contribution in [2.75, 3.05) is 20.3 Å². The van der Waals surface area contributed by atoms with Gasteiger partial charge >= 0.3 is 12.1 Å². The van der Waals surface area contributed by atoms with E-state index >= 15 is 0 Å². The van der Waals surface area contributed by atoms with Crippen molar-refractivity contribution in [1.82, 2.24) is 10.3 Å². The van der Waals surface area contributed by atoms with Crippen LogP contribution in [0.2, 0.25) is 5.02 Å². The van der Waals surface area contributed by atoms with Crippen molar-refractivity contribution in [2.24, 2.45) is 0 Å². The van der Waals surface area contributed by atoms with Crippen LogP contribution in [0.5, 0.6) is 11.5 Å². The Hall–Kier alpha value is -5.04. The predicted octanol–water partition coefficient (Wildman–Crippen LogP) is 6.02. The fraction of sp³-hybridized carbons (Fsp3) is 0.278. The van der Waals surface area contributed by atoms with Crippen molar-refractivity contribution >= 4 is 29.4 Å². The number of aliphatic hydroxyl groups is 2. The standard InChI is InChI=1S/C36H36ClFN2O9/c1-35(46,14-13-29(42)24-10-12-30(48-16-15-41)31(18-24)47-3)32-20-25(19-28(39-32)23-9-11-27(38)26(37)17-23)36(2,33(43)44)40-34(45)49-21-22-7-5-4-6-8-22/h4-12,17-20,41,46H,13-16,21H2,1-3H3,(H,40,45)(H,43,44). The molecule has 0 radical (unpaired) electrons. The van der Waals surface area contributed by atoms with Crippen LogP contribution in [0.4, 0.5) is 9.18 Å². The van der Waals surface area contributed by atoms with Crippen molar-refractivity contribution in [3.63, 3.8) is 0 Å². The van der Waals surface area contributed by atoms with Crippen LogP contribution in [0, 0.1) is 5.82 Å². The van der Waals surface area contributed by atoms with Gasteiger partial charge in [-0.2, -0.15) is 0 Å². The van der Waals surface area contributed by atoms with E-state index < -0.39 is 29.0 Å². The maximum Gasteiger partial charge on any atom is 0.408 e. The molecule has 13 heteroatoms. The Morgan fingerprint density at radius 1 is 0.980 bits per heavy atom. The number of ether oxygens (including phenoxy) is 3. The Morgan fingerprint density at radius 2 is 1.71 bits per heavy atom. The number of pyridine rings is 1. The van der Waals surface area contributed by atoms with Gasteiger partial charge in [0, 0.05) is 17.5 Å². The Balaban J connectivity index is 1.67. The molecular formula is C36H36ClFN2O9. The third-order valence-corrected chi connectivity index (χ3v) is 8.13. The lowest BCUT2D eigenvalue weighted by Gasteiger charge is -2.30. The van der Waals surface area contributed by atoms with Crippen molar-refractivity contribution in [3.05, 3.63) is 112 Å². The quantitative estimate of drug-likeness (QED) is 0.108. The highest BCUT2D eigenvalue weighted by molar-refractivity contribution is 6.31. The number of carbonyl (C=O) groups is 3. The Labute approximate surface area is 287 Å². The van der Waals surface area contributed by atoms with Gasteiger partial charge in [0.1, 0.15) is 24.6 Å². The summed E-state index contributed by atoms with van der Waals surface area (Å²) in [6, 6.07) is 19.9. The summed E-state index contributed by atoms with van der Waals surface area (Å²) in [7, 11) is 1.41. The molecule has 0 bridgehead atoms. The first-order valence-corrected chi connectivity index (χ1v) is 15.5. The molecule has 0 aliphatic heterocycles. The molecule has 1 aromatic heterocycles. The zero-order chi connectivity index (χ0) is 35.8. The van der Waals surface area contributed by atoms with Crippen LogP contribution < -0.4 is 14.8 Å². The Kier molecular flexibility index (Phi) is 11.9. The van der Waals surface area contributed by atoms with Crippen LogP contribution in [0.1, 0.15) is 53.9 Å². The molecule has 258 valence electrons. The van der Waals surface area contributed by atoms with Gasteiger partial charge in [0.15, 0.2) is 22.8 Å². The fourth-order valence-electron chi connectivity index (χ4n) is 4.86. The van der Waals surface area contributed by atoms with E-state index in [0.717, 1.165) is 6.07 Å². The summed E-state index contributed by atoms with van der Waals surface area (Å²) in [6.45, 7) is 2.38. The number of rotatable bonds is 15. The maximum absolute atomic E-state index is 14.0. The first kappa shape index (κ1) is 36.8. The third-order valence-electron chi connectivity index (χ3n) is 7.84. The third kappa shape index (κ3) is 9.11. The molecule has 3 aromatic carbocycles. The van der Waals surface area contributed by atoms with E-state index in [-0.39, 0.29) is 71.7 Å². The van der Waals surface area contributed by atoms with E-state index in [0.29, 0.717) is 16.9 Å². The molecule has 0 spiro atoms. The van der Waals surface area contributed by atoms with E-state index in [9.17, 15) is 29.0 Å². The molecule has 0 saturated heterocycles. The topological polar surface area (TPSA) is 165 Å². The molecule has 0 fully saturated rings. The SMILES string of the molecule is COc1cc(C(=O)CCC(C)(O)c2cc(C(C)(NC(=O)OCc3ccccc3)C(=O)O)cc(-c3ccc(F)c(Cl)c3)n2)ccc1OCCO. The van der Waals surface area contributed by atoms with Crippen LogP contribution in [0.15, 0.2) is 78.9 Å². The van der Waals surface area contributed by atoms with Crippen molar-refractivity contribution < 1.29 is 48.3 Å². The van der Waals surface area contributed by atoms with Gasteiger partial charge in [-0.05, 0) is 79.9 Å². The highest BCUT2D eigenvalue weighted by atomic mass is 35.5. The van der Waals surface area contributed by atoms with Crippen molar-refractivity contribution in [3.8, 4) is 22.8 Å². The predicted molar refractivity (Wildman–Crippen MR) is 178 cm³/mol. The lowest BCUT2D eigenvalue weighted by atomic mass is 9.86. The zero-order valence-corrected chi connectivity index (χ0v) is 27.8. The van der Waals surface area contributed by atoms with Crippen molar-refractivity contribution in [2.45, 2.75) is 44.4 Å². The normalized spacial score (nSPS) is 13.4. The first-order valence-electron chi connectivity index (χ1n) is 15.2. The number of aliphatic carboxylic acids is 1. The van der Waals surface area contributed by atoms with Crippen LogP contribution in [-0.4, -0.2) is 58.5 Å². The van der Waals surface area contributed by atoms with Gasteiger partial charge in [-0.15, -0.1) is 0 Å². The van der Waals surface area contributed by atoms with Gasteiger partial charge in [0.25, 0.3) is 0 Å². The highest BCUT2D eigenvalue weighted by Gasteiger charge is 2.40. The molecule has 1 amide bonds. The molecule has 4 aromatic rings. The van der Waals surface area contributed by atoms with Gasteiger partial charge in [-0.3, -0.25) is 4.79 Å². The number of nitrogens with zero attached hydrogens (tertiary/aromatic N) is 1. The summed E-state index contributed by atoms with van der Waals surface area (Å²) >= 11 is 6.04. The number of halogens is 2. The number of benzene rings is 3. The number of carboxylic acids is 1. The molecule has 49 heavy (non-hydrogen) atoms. The lowest BCUT2D eigenvalue weighted by Crippen LogP contribution is -2.50. The monoisotopic (exact) mass is 694 g/mol. The summed E-state index contributed by atoms with van der Waals surface area (Å²) in [5.74, 6) is -1.85. The second-order valence-electron chi connectivity index (χ2n) is 11.5. The van der Waals surface area contributed by atoms with E-state index in [1.165, 1.54) is 63.4 Å². The number of alkyl carbamates (subject to hydrolysis) is 1. The van der Waals surface area contributed by atoms with Crippen LogP contribution in [0.25, 0.3) is 11.3 Å². The first-order chi connectivity index (χ1) is 23.3. The summed E-state index contributed by atoms with van der Waals surface area (Å²) in [5, 5.41) is 33.3. The molecule has 0 aliphatic rings. The van der Waals surface area contributed by atoms with Crippen LogP contribution in [0.3, 0.4) is 0 Å². The lowest BCUT2D eigenvalue weighted by molar-refractivity contribution is -0.144. The average molecular weight is 695 g/mol. The molecular weight excluding hydrogens is 659 g/mol. The average Bonchev–Trinajstić information content (AvgIpc) is 3.10. The smallest absolute Gasteiger partial charge is 0.408 e. The van der Waals surface area contributed by atoms with E-state index in [2.05, 4.69) is 10.3 Å². The summed E-state index contributed by atoms with van der Waals surface area (Å²) in [5.41, 5.74) is -2.52. The maximum atomic E-state index is 14.0. The second kappa shape index (κ2) is 15.9. The van der Waals surface area contributed by atoms with Gasteiger partial charge in [0.05, 0.1) is 30.1 Å². The number of nitrogens with one attached hydrogen (secondary N) is 1. The fourth-order valence-corrected chi connectivity index (χ4v) is 5.04. The number of Topliss-reactive ketones (excluding diaryl/α,β-unsaturated/α-hetero) is 1. The number of carboxylic acid groups (broad SMARTS) is 1. The van der Waals surface area contributed by atoms with Gasteiger partial charge in [-0.1, -0.05) is 41.9 Å². The Bertz CT molecular complexity index is 1820. The second-order valence-corrected chi connectivity index (χ2v) is 11.9. The number of aromatic nitrogens is 1. The molecule has 11 nitrogen and oxygen atoms in total. The van der Waals surface area contributed by atoms with Crippen LogP contribution in [-0.2, 0) is 27.3 Å². The minimum atomic E-state index is -2.09. The van der Waals surface area contributed by atoms with Crippen molar-refractivity contribution in [1.29, 1.82) is 0 Å². The number of ketones is 1. The van der Waals surface area contributed by atoms with E-state index in [1.807, 2.05) is 0 Å². The number of methoxy groups -OCH3 is 1. The largest absolute Gasteiger partial charge is 0.493 e. The molecule has 2 atom stereocenters. The van der Waals surface area contributed by atoms with Gasteiger partial charge < -0.3 is 34.8 Å². The summed E-state index contributed by atoms with van der Waals surface area (Å²) in [6.07, 6.45) is -1.32. The molecule has 0 aliphatic carbocycles. The number of amides is 1. The molecule has 0 saturated carbocycles. The van der Waals surface area contributed by atoms with Crippen LogP contribution >= 0.6 is 11.6 Å². The number of aliphatic hydroxyl groups excluding tert-OH is 1. The van der Waals surface area contributed by atoms with E-state index in [4.69, 9.17) is 30.9 Å². The minimum Gasteiger partial charge on any atom is -0.493 e. The summed E-state index contributed by atoms with van der Waals surface area (Å²) in [4.78, 5) is 43.4. The highest BCUT2D eigenvalue weighted by Crippen LogP contribution is 2.35. The van der Waals surface area contributed by atoms with E-state index in [1.54, 1.807) is 30.3 Å². The Morgan fingerprint density at radius 3 is 2.37 bits per heavy atom.